The Hall–Kier alpha value is -1.71. The molecule has 2 aromatic carbocycles. The Kier molecular flexibility index (Phi) is 4.53. The number of nitrogens with two attached hydrogens (primary N) is 1. The molecule has 0 fully saturated rings. The molecule has 3 nitrogen and oxygen atoms in total. The second-order valence-electron chi connectivity index (χ2n) is 4.52. The molecule has 0 saturated heterocycles. The Morgan fingerprint density at radius 3 is 2.65 bits per heavy atom. The minimum absolute atomic E-state index is 0.558. The number of nitrogens with zero attached hydrogens (tertiary/aromatic N) is 1. The number of benzene rings is 2. The molecule has 0 atom stereocenters. The van der Waals surface area contributed by atoms with E-state index >= 15 is 0 Å². The zero-order chi connectivity index (χ0) is 14.7. The molecule has 5 heteroatoms. The van der Waals surface area contributed by atoms with Crippen molar-refractivity contribution in [3.8, 4) is 0 Å². The van der Waals surface area contributed by atoms with E-state index in [1.165, 1.54) is 0 Å². The van der Waals surface area contributed by atoms with E-state index in [1.54, 1.807) is 18.2 Å². The summed E-state index contributed by atoms with van der Waals surface area (Å²) in [6.07, 6.45) is 0. The van der Waals surface area contributed by atoms with Gasteiger partial charge in [-0.25, -0.2) is 0 Å². The molecule has 3 N–H and O–H groups in total. The standard InChI is InChI=1S/C15H15Cl2N3/c1-9-3-6-14(18)12(7-9)10(2)19-20-15-8-11(16)4-5-13(15)17/h3-8,20H,18H2,1-2H3/b19-10+. The quantitative estimate of drug-likeness (QED) is 0.489. The van der Waals surface area contributed by atoms with Gasteiger partial charge in [-0.3, -0.25) is 5.43 Å². The number of aryl methyl sites for hydroxylation is 1. The first-order valence-electron chi connectivity index (χ1n) is 6.09. The molecule has 0 unspecified atom stereocenters. The van der Waals surface area contributed by atoms with Crippen molar-refractivity contribution in [3.05, 3.63) is 57.6 Å². The van der Waals surface area contributed by atoms with Crippen LogP contribution < -0.4 is 11.2 Å². The molecule has 0 spiro atoms. The van der Waals surface area contributed by atoms with E-state index in [0.29, 0.717) is 21.4 Å². The molecule has 104 valence electrons. The van der Waals surface area contributed by atoms with Crippen LogP contribution in [-0.2, 0) is 0 Å². The van der Waals surface area contributed by atoms with Crippen molar-refractivity contribution in [1.29, 1.82) is 0 Å². The lowest BCUT2D eigenvalue weighted by atomic mass is 10.1. The van der Waals surface area contributed by atoms with Crippen LogP contribution in [0.3, 0.4) is 0 Å². The summed E-state index contributed by atoms with van der Waals surface area (Å²) >= 11 is 12.0. The number of hydrogen-bond donors (Lipinski definition) is 2. The Bertz CT molecular complexity index is 666. The predicted octanol–water partition coefficient (Wildman–Crippen LogP) is 4.72. The van der Waals surface area contributed by atoms with Gasteiger partial charge in [-0.05, 0) is 44.2 Å². The van der Waals surface area contributed by atoms with Gasteiger partial charge in [0.05, 0.1) is 16.4 Å². The number of hydrogen-bond acceptors (Lipinski definition) is 3. The van der Waals surface area contributed by atoms with Crippen LogP contribution in [-0.4, -0.2) is 5.71 Å². The molecule has 20 heavy (non-hydrogen) atoms. The van der Waals surface area contributed by atoms with E-state index in [0.717, 1.165) is 16.8 Å². The van der Waals surface area contributed by atoms with Crippen LogP contribution in [0.25, 0.3) is 0 Å². The fraction of sp³-hybridized carbons (Fsp3) is 0.133. The summed E-state index contributed by atoms with van der Waals surface area (Å²) in [4.78, 5) is 0. The smallest absolute Gasteiger partial charge is 0.0762 e. The predicted molar refractivity (Wildman–Crippen MR) is 87.9 cm³/mol. The van der Waals surface area contributed by atoms with Crippen LogP contribution in [0.4, 0.5) is 11.4 Å². The van der Waals surface area contributed by atoms with Gasteiger partial charge >= 0.3 is 0 Å². The summed E-state index contributed by atoms with van der Waals surface area (Å²) in [6, 6.07) is 11.0. The van der Waals surface area contributed by atoms with Crippen molar-refractivity contribution >= 4 is 40.3 Å². The Morgan fingerprint density at radius 2 is 1.90 bits per heavy atom. The van der Waals surface area contributed by atoms with E-state index in [4.69, 9.17) is 28.9 Å². The van der Waals surface area contributed by atoms with Gasteiger partial charge in [-0.1, -0.05) is 34.8 Å². The molecule has 0 aliphatic carbocycles. The van der Waals surface area contributed by atoms with E-state index in [-0.39, 0.29) is 0 Å². The summed E-state index contributed by atoms with van der Waals surface area (Å²) in [7, 11) is 0. The van der Waals surface area contributed by atoms with Gasteiger partial charge in [0, 0.05) is 16.3 Å². The highest BCUT2D eigenvalue weighted by atomic mass is 35.5. The van der Waals surface area contributed by atoms with Crippen molar-refractivity contribution in [3.63, 3.8) is 0 Å². The van der Waals surface area contributed by atoms with E-state index in [9.17, 15) is 0 Å². The molecule has 0 aliphatic rings. The summed E-state index contributed by atoms with van der Waals surface area (Å²) in [5.74, 6) is 0. The molecular weight excluding hydrogens is 293 g/mol. The van der Waals surface area contributed by atoms with Crippen molar-refractivity contribution < 1.29 is 0 Å². The normalized spacial score (nSPS) is 11.5. The third-order valence-corrected chi connectivity index (χ3v) is 3.44. The third-order valence-electron chi connectivity index (χ3n) is 2.87. The highest BCUT2D eigenvalue weighted by molar-refractivity contribution is 6.35. The minimum Gasteiger partial charge on any atom is -0.398 e. The van der Waals surface area contributed by atoms with Gasteiger partial charge in [0.25, 0.3) is 0 Å². The molecule has 0 saturated carbocycles. The summed E-state index contributed by atoms with van der Waals surface area (Å²) < 4.78 is 0. The molecule has 0 aromatic heterocycles. The Labute approximate surface area is 128 Å². The SMILES string of the molecule is C/C(=N\Nc1cc(Cl)ccc1Cl)c1cc(C)ccc1N. The Balaban J connectivity index is 2.27. The van der Waals surface area contributed by atoms with Crippen LogP contribution in [0, 0.1) is 6.92 Å². The lowest BCUT2D eigenvalue weighted by molar-refractivity contribution is 1.32. The third kappa shape index (κ3) is 3.44. The van der Waals surface area contributed by atoms with Gasteiger partial charge in [0.2, 0.25) is 0 Å². The highest BCUT2D eigenvalue weighted by Crippen LogP contribution is 2.25. The summed E-state index contributed by atoms with van der Waals surface area (Å²) in [5, 5.41) is 5.47. The number of nitrogens with one attached hydrogen (secondary N) is 1. The average Bonchev–Trinajstić information content (AvgIpc) is 2.42. The molecule has 0 aliphatic heterocycles. The largest absolute Gasteiger partial charge is 0.398 e. The van der Waals surface area contributed by atoms with Crippen LogP contribution in [0.5, 0.6) is 0 Å². The molecule has 0 amide bonds. The Morgan fingerprint density at radius 1 is 1.15 bits per heavy atom. The maximum atomic E-state index is 6.07. The molecule has 0 heterocycles. The molecule has 0 radical (unpaired) electrons. The number of nitrogen functional groups attached to an aromatic ring is 1. The van der Waals surface area contributed by atoms with Crippen molar-refractivity contribution in [1.82, 2.24) is 0 Å². The molecular formula is C15H15Cl2N3. The van der Waals surface area contributed by atoms with Gasteiger partial charge in [0.15, 0.2) is 0 Å². The lowest BCUT2D eigenvalue weighted by Gasteiger charge is -2.08. The molecule has 2 aromatic rings. The average molecular weight is 308 g/mol. The highest BCUT2D eigenvalue weighted by Gasteiger charge is 2.04. The number of anilines is 2. The first-order valence-corrected chi connectivity index (χ1v) is 6.85. The zero-order valence-corrected chi connectivity index (χ0v) is 12.8. The van der Waals surface area contributed by atoms with Crippen molar-refractivity contribution in [2.24, 2.45) is 5.10 Å². The van der Waals surface area contributed by atoms with Crippen LogP contribution in [0.15, 0.2) is 41.5 Å². The second-order valence-corrected chi connectivity index (χ2v) is 5.37. The minimum atomic E-state index is 0.558. The van der Waals surface area contributed by atoms with Crippen LogP contribution in [0.2, 0.25) is 10.0 Å². The number of halogens is 2. The lowest BCUT2D eigenvalue weighted by Crippen LogP contribution is -2.04. The topological polar surface area (TPSA) is 50.4 Å². The zero-order valence-electron chi connectivity index (χ0n) is 11.2. The van der Waals surface area contributed by atoms with Gasteiger partial charge < -0.3 is 5.73 Å². The summed E-state index contributed by atoms with van der Waals surface area (Å²) in [5.41, 5.74) is 13.0. The summed E-state index contributed by atoms with van der Waals surface area (Å²) in [6.45, 7) is 3.90. The van der Waals surface area contributed by atoms with E-state index < -0.39 is 0 Å². The first kappa shape index (κ1) is 14.7. The fourth-order valence-electron chi connectivity index (χ4n) is 1.77. The van der Waals surface area contributed by atoms with Gasteiger partial charge in [-0.15, -0.1) is 0 Å². The maximum Gasteiger partial charge on any atom is 0.0762 e. The van der Waals surface area contributed by atoms with Crippen molar-refractivity contribution in [2.45, 2.75) is 13.8 Å². The van der Waals surface area contributed by atoms with Crippen LogP contribution >= 0.6 is 23.2 Å². The van der Waals surface area contributed by atoms with Crippen LogP contribution in [0.1, 0.15) is 18.1 Å². The molecule has 2 rings (SSSR count). The molecule has 0 bridgehead atoms. The first-order chi connectivity index (χ1) is 9.47. The van der Waals surface area contributed by atoms with E-state index in [2.05, 4.69) is 10.5 Å². The van der Waals surface area contributed by atoms with Gasteiger partial charge in [0.1, 0.15) is 0 Å². The second kappa shape index (κ2) is 6.16. The number of hydrazone groups is 1. The van der Waals surface area contributed by atoms with E-state index in [1.807, 2.05) is 32.0 Å². The van der Waals surface area contributed by atoms with Gasteiger partial charge in [-0.2, -0.15) is 5.10 Å². The maximum absolute atomic E-state index is 6.07. The van der Waals surface area contributed by atoms with Crippen molar-refractivity contribution in [2.75, 3.05) is 11.2 Å². The fourth-order valence-corrected chi connectivity index (χ4v) is 2.10. The monoisotopic (exact) mass is 307 g/mol. The number of rotatable bonds is 3.